The van der Waals surface area contributed by atoms with Crippen LogP contribution >= 0.6 is 0 Å². The van der Waals surface area contributed by atoms with Gasteiger partial charge in [0.25, 0.3) is 0 Å². The van der Waals surface area contributed by atoms with E-state index in [9.17, 15) is 5.11 Å². The fourth-order valence-corrected chi connectivity index (χ4v) is 2.40. The van der Waals surface area contributed by atoms with Crippen LogP contribution < -0.4 is 4.90 Å². The summed E-state index contributed by atoms with van der Waals surface area (Å²) in [5, 5.41) is 11.6. The Kier molecular flexibility index (Phi) is 4.93. The maximum Gasteiger partial charge on any atom is 0.136 e. The van der Waals surface area contributed by atoms with Gasteiger partial charge in [0.1, 0.15) is 5.82 Å². The molecule has 0 fully saturated rings. The SMILES string of the molecule is CN(C)CCCN(C)c1ncc(CO)c2ccccc12. The maximum atomic E-state index is 9.41. The van der Waals surface area contributed by atoms with Crippen LogP contribution in [0.3, 0.4) is 0 Å². The van der Waals surface area contributed by atoms with Crippen molar-refractivity contribution in [2.24, 2.45) is 0 Å². The summed E-state index contributed by atoms with van der Waals surface area (Å²) in [5.41, 5.74) is 0.881. The molecule has 2 aromatic rings. The predicted molar refractivity (Wildman–Crippen MR) is 84.1 cm³/mol. The maximum absolute atomic E-state index is 9.41. The van der Waals surface area contributed by atoms with E-state index in [-0.39, 0.29) is 6.61 Å². The van der Waals surface area contributed by atoms with Crippen molar-refractivity contribution in [3.63, 3.8) is 0 Å². The molecule has 1 aromatic heterocycles. The Hall–Kier alpha value is -1.65. The van der Waals surface area contributed by atoms with Crippen molar-refractivity contribution >= 4 is 16.6 Å². The Morgan fingerprint density at radius 2 is 1.75 bits per heavy atom. The first-order valence-electron chi connectivity index (χ1n) is 6.97. The molecule has 1 heterocycles. The predicted octanol–water partition coefficient (Wildman–Crippen LogP) is 2.11. The van der Waals surface area contributed by atoms with Gasteiger partial charge in [-0.05, 0) is 32.4 Å². The Labute approximate surface area is 120 Å². The van der Waals surface area contributed by atoms with Gasteiger partial charge in [-0.25, -0.2) is 4.98 Å². The van der Waals surface area contributed by atoms with Gasteiger partial charge in [-0.3, -0.25) is 0 Å². The summed E-state index contributed by atoms with van der Waals surface area (Å²) < 4.78 is 0. The van der Waals surface area contributed by atoms with Crippen LogP contribution in [0.5, 0.6) is 0 Å². The third-order valence-corrected chi connectivity index (χ3v) is 3.49. The quantitative estimate of drug-likeness (QED) is 0.875. The molecule has 0 radical (unpaired) electrons. The largest absolute Gasteiger partial charge is 0.392 e. The van der Waals surface area contributed by atoms with E-state index < -0.39 is 0 Å². The van der Waals surface area contributed by atoms with E-state index in [1.165, 1.54) is 0 Å². The molecule has 108 valence electrons. The number of benzene rings is 1. The lowest BCUT2D eigenvalue weighted by Crippen LogP contribution is -2.24. The van der Waals surface area contributed by atoms with Crippen molar-refractivity contribution in [1.82, 2.24) is 9.88 Å². The van der Waals surface area contributed by atoms with Crippen LogP contribution in [0.1, 0.15) is 12.0 Å². The molecule has 0 atom stereocenters. The number of nitrogens with zero attached hydrogens (tertiary/aromatic N) is 3. The molecule has 20 heavy (non-hydrogen) atoms. The van der Waals surface area contributed by atoms with Crippen molar-refractivity contribution in [3.05, 3.63) is 36.0 Å². The average Bonchev–Trinajstić information content (AvgIpc) is 2.45. The van der Waals surface area contributed by atoms with Gasteiger partial charge in [-0.2, -0.15) is 0 Å². The van der Waals surface area contributed by atoms with Crippen LogP contribution in [0, 0.1) is 0 Å². The van der Waals surface area contributed by atoms with E-state index in [2.05, 4.69) is 42.0 Å². The Morgan fingerprint density at radius 3 is 2.40 bits per heavy atom. The van der Waals surface area contributed by atoms with E-state index in [0.29, 0.717) is 0 Å². The number of hydrogen-bond acceptors (Lipinski definition) is 4. The van der Waals surface area contributed by atoms with Crippen LogP contribution in [-0.2, 0) is 6.61 Å². The van der Waals surface area contributed by atoms with Gasteiger partial charge >= 0.3 is 0 Å². The van der Waals surface area contributed by atoms with Crippen LogP contribution in [0.4, 0.5) is 5.82 Å². The lowest BCUT2D eigenvalue weighted by atomic mass is 10.1. The first-order valence-corrected chi connectivity index (χ1v) is 6.97. The minimum absolute atomic E-state index is 0.0259. The highest BCUT2D eigenvalue weighted by atomic mass is 16.3. The normalized spacial score (nSPS) is 11.2. The minimum Gasteiger partial charge on any atom is -0.392 e. The fraction of sp³-hybridized carbons (Fsp3) is 0.438. The summed E-state index contributed by atoms with van der Waals surface area (Å²) in [7, 11) is 6.25. The molecule has 0 aliphatic rings. The smallest absolute Gasteiger partial charge is 0.136 e. The van der Waals surface area contributed by atoms with Crippen LogP contribution in [0.15, 0.2) is 30.5 Å². The fourth-order valence-electron chi connectivity index (χ4n) is 2.40. The Bertz CT molecular complexity index is 569. The molecular weight excluding hydrogens is 250 g/mol. The van der Waals surface area contributed by atoms with Gasteiger partial charge < -0.3 is 14.9 Å². The van der Waals surface area contributed by atoms with Gasteiger partial charge in [-0.1, -0.05) is 24.3 Å². The highest BCUT2D eigenvalue weighted by Gasteiger charge is 2.10. The molecule has 0 aliphatic carbocycles. The topological polar surface area (TPSA) is 39.6 Å². The molecule has 0 unspecified atom stereocenters. The number of hydrogen-bond donors (Lipinski definition) is 1. The molecule has 0 bridgehead atoms. The number of aromatic nitrogens is 1. The van der Waals surface area contributed by atoms with E-state index >= 15 is 0 Å². The standard InChI is InChI=1S/C16H23N3O/c1-18(2)9-6-10-19(3)16-15-8-5-4-7-14(15)13(12-20)11-17-16/h4-5,7-8,11,20H,6,9-10,12H2,1-3H3. The van der Waals surface area contributed by atoms with Crippen molar-refractivity contribution in [3.8, 4) is 0 Å². The molecule has 0 saturated heterocycles. The summed E-state index contributed by atoms with van der Waals surface area (Å²) in [4.78, 5) is 8.90. The zero-order chi connectivity index (χ0) is 14.5. The average molecular weight is 273 g/mol. The molecule has 4 heteroatoms. The summed E-state index contributed by atoms with van der Waals surface area (Å²) >= 11 is 0. The van der Waals surface area contributed by atoms with Crippen molar-refractivity contribution in [1.29, 1.82) is 0 Å². The highest BCUT2D eigenvalue weighted by Crippen LogP contribution is 2.26. The minimum atomic E-state index is 0.0259. The molecule has 0 spiro atoms. The zero-order valence-electron chi connectivity index (χ0n) is 12.5. The Morgan fingerprint density at radius 1 is 1.05 bits per heavy atom. The summed E-state index contributed by atoms with van der Waals surface area (Å²) in [6, 6.07) is 8.12. The second-order valence-corrected chi connectivity index (χ2v) is 5.39. The van der Waals surface area contributed by atoms with Gasteiger partial charge in [-0.15, -0.1) is 0 Å². The summed E-state index contributed by atoms with van der Waals surface area (Å²) in [6.45, 7) is 2.06. The molecule has 1 aromatic carbocycles. The molecule has 0 saturated carbocycles. The van der Waals surface area contributed by atoms with E-state index in [4.69, 9.17) is 0 Å². The van der Waals surface area contributed by atoms with Crippen molar-refractivity contribution < 1.29 is 5.11 Å². The second-order valence-electron chi connectivity index (χ2n) is 5.39. The molecule has 0 amide bonds. The second kappa shape index (κ2) is 6.68. The summed E-state index contributed by atoms with van der Waals surface area (Å²) in [6.07, 6.45) is 2.88. The monoisotopic (exact) mass is 273 g/mol. The van der Waals surface area contributed by atoms with E-state index in [1.54, 1.807) is 6.20 Å². The zero-order valence-corrected chi connectivity index (χ0v) is 12.5. The number of fused-ring (bicyclic) bond motifs is 1. The van der Waals surface area contributed by atoms with E-state index in [0.717, 1.165) is 41.7 Å². The summed E-state index contributed by atoms with van der Waals surface area (Å²) in [5.74, 6) is 0.983. The Balaban J connectivity index is 2.26. The molecular formula is C16H23N3O. The third kappa shape index (κ3) is 3.26. The number of aliphatic hydroxyl groups is 1. The molecule has 4 nitrogen and oxygen atoms in total. The third-order valence-electron chi connectivity index (χ3n) is 3.49. The lowest BCUT2D eigenvalue weighted by molar-refractivity contribution is 0.283. The van der Waals surface area contributed by atoms with Gasteiger partial charge in [0, 0.05) is 30.7 Å². The molecule has 0 aliphatic heterocycles. The van der Waals surface area contributed by atoms with Crippen LogP contribution in [0.2, 0.25) is 0 Å². The highest BCUT2D eigenvalue weighted by molar-refractivity contribution is 5.94. The van der Waals surface area contributed by atoms with Crippen molar-refractivity contribution in [2.45, 2.75) is 13.0 Å². The van der Waals surface area contributed by atoms with Crippen LogP contribution in [-0.4, -0.2) is 49.2 Å². The number of anilines is 1. The number of aliphatic hydroxyl groups excluding tert-OH is 1. The molecule has 2 rings (SSSR count). The molecule has 1 N–H and O–H groups in total. The van der Waals surface area contributed by atoms with Crippen molar-refractivity contribution in [2.75, 3.05) is 39.1 Å². The van der Waals surface area contributed by atoms with Gasteiger partial charge in [0.2, 0.25) is 0 Å². The first kappa shape index (κ1) is 14.8. The number of pyridine rings is 1. The van der Waals surface area contributed by atoms with Gasteiger partial charge in [0.15, 0.2) is 0 Å². The van der Waals surface area contributed by atoms with Gasteiger partial charge in [0.05, 0.1) is 6.61 Å². The van der Waals surface area contributed by atoms with E-state index in [1.807, 2.05) is 18.2 Å². The lowest BCUT2D eigenvalue weighted by Gasteiger charge is -2.21. The first-order chi connectivity index (χ1) is 9.63. The van der Waals surface area contributed by atoms with Crippen LogP contribution in [0.25, 0.3) is 10.8 Å². The number of rotatable bonds is 6.